The number of hydrogen-bond donors (Lipinski definition) is 7. The van der Waals surface area contributed by atoms with Crippen LogP contribution in [0.15, 0.2) is 63.3 Å². The Morgan fingerprint density at radius 3 is 2.13 bits per heavy atom. The number of amides is 5. The second kappa shape index (κ2) is 26.0. The van der Waals surface area contributed by atoms with Crippen LogP contribution < -0.4 is 16.4 Å². The Bertz CT molecular complexity index is 3960. The average molecular weight is 1280 g/mol. The average Bonchev–Trinajstić information content (AvgIpc) is 2.32. The molecule has 0 spiro atoms. The lowest BCUT2D eigenvalue weighted by atomic mass is 10.0. The van der Waals surface area contributed by atoms with E-state index in [-0.39, 0.29) is 107 Å². The molecular weight excluding hydrogens is 1230 g/mol. The molecule has 0 saturated carbocycles. The molecule has 10 bridgehead atoms. The quantitative estimate of drug-likeness (QED) is 0.0591. The number of aryl methyl sites for hydroxylation is 2. The van der Waals surface area contributed by atoms with Gasteiger partial charge in [-0.2, -0.15) is 0 Å². The summed E-state index contributed by atoms with van der Waals surface area (Å²) in [4.78, 5) is 155. The van der Waals surface area contributed by atoms with Crippen LogP contribution in [0.3, 0.4) is 0 Å². The summed E-state index contributed by atoms with van der Waals surface area (Å²) in [6, 6.07) is 6.50. The summed E-state index contributed by atoms with van der Waals surface area (Å²) >= 11 is 6.86. The normalized spacial score (nSPS) is 18.2. The van der Waals surface area contributed by atoms with Crippen LogP contribution in [0.25, 0.3) is 43.4 Å². The summed E-state index contributed by atoms with van der Waals surface area (Å²) in [6.07, 6.45) is -2.47. The lowest BCUT2D eigenvalue weighted by Gasteiger charge is -2.29. The van der Waals surface area contributed by atoms with E-state index in [1.54, 1.807) is 48.9 Å². The third kappa shape index (κ3) is 13.8. The molecule has 0 unspecified atom stereocenters. The molecule has 5 amide bonds. The van der Waals surface area contributed by atoms with Crippen LogP contribution in [0.2, 0.25) is 0 Å². The van der Waals surface area contributed by atoms with Crippen molar-refractivity contribution < 1.29 is 63.6 Å². The van der Waals surface area contributed by atoms with Gasteiger partial charge in [0.2, 0.25) is 11.8 Å². The summed E-state index contributed by atoms with van der Waals surface area (Å²) in [5, 5.41) is 55.7. The van der Waals surface area contributed by atoms with Crippen LogP contribution in [0.4, 0.5) is 0 Å². The Kier molecular flexibility index (Phi) is 18.4. The van der Waals surface area contributed by atoms with Gasteiger partial charge in [-0.05, 0) is 43.2 Å². The number of phenolic OH excluding ortho intramolecular Hbond substituents is 1. The number of aliphatic carboxylic acids is 2. The van der Waals surface area contributed by atoms with E-state index in [9.17, 15) is 63.6 Å². The van der Waals surface area contributed by atoms with E-state index in [4.69, 9.17) is 25.7 Å². The van der Waals surface area contributed by atoms with E-state index in [1.165, 1.54) is 55.8 Å². The van der Waals surface area contributed by atoms with Gasteiger partial charge in [-0.1, -0.05) is 19.1 Å². The molecule has 0 radical (unpaired) electrons. The molecule has 7 aromatic heterocycles. The van der Waals surface area contributed by atoms with Crippen molar-refractivity contribution in [1.29, 1.82) is 0 Å². The summed E-state index contributed by atoms with van der Waals surface area (Å²) in [5.41, 5.74) is 7.94. The number of carboxylic acid groups (broad SMARTS) is 2. The number of hydrogen-bond acceptors (Lipinski definition) is 24. The number of nitrogens with zero attached hydrogens (tertiary/aromatic N) is 9. The first-order valence-corrected chi connectivity index (χ1v) is 31.6. The number of thiazole rings is 6. The van der Waals surface area contributed by atoms with Gasteiger partial charge >= 0.3 is 11.9 Å². The lowest BCUT2D eigenvalue weighted by Crippen LogP contribution is -2.50. The first kappa shape index (κ1) is 60.7. The number of nitrogens with two attached hydrogens (primary N) is 1. The van der Waals surface area contributed by atoms with Crippen molar-refractivity contribution in [1.82, 2.24) is 55.3 Å². The van der Waals surface area contributed by atoms with Gasteiger partial charge < -0.3 is 46.6 Å². The predicted octanol–water partition coefficient (Wildman–Crippen LogP) is 6.25. The standard InChI is InChI=1S/C55H50N12O13S6/c1-24-39(71)18-67-46(24)53-63-36(22-85-53)51-61-33(19-83-51)45-29(9-10-30(58-45)50-64-37(23-84-50)54(79)66(13-3-4-42(73)74)17-28(69)15-43(75)76)49-62-35(21-82-49)48(78)59-31(16-40(56)72)52-65-44(25(2)86-52)38(70)11-12-41-57-34(20-81-41)47(77)60-32(55(67)80)14-26-5-7-27(68)8-6-26/h5-10,19-24,31-32,39,46,68,71H,3-4,11-18H2,1-2H3,(H2,56,72)(H,59,78)(H,60,77)(H,73,74)(H,75,76)/t24-,31-,32-,39-,46-/m0/s1. The summed E-state index contributed by atoms with van der Waals surface area (Å²) in [6.45, 7) is 2.63. The molecule has 444 valence electrons. The SMILES string of the molecule is Cc1sc2nc1C(=O)CCc1nc(cs1)C(=O)N[C@@H](Cc1ccc(O)cc1)C(=O)N1C[C@H](O)[C@H](C)[C@H]1c1nc(cs1)-c1nc(cs1)-c1nc(-c3nc(C(=O)N(CCCC(=O)O)CC(=O)CC(=O)O)cs3)ccc1-c1nc(cs1)C(=O)N[C@H]2CC(N)=O. The van der Waals surface area contributed by atoms with Crippen molar-refractivity contribution in [2.75, 3.05) is 19.6 Å². The van der Waals surface area contributed by atoms with Gasteiger partial charge in [0.1, 0.15) is 83.1 Å². The molecule has 9 heterocycles. The Balaban J connectivity index is 1.04. The molecule has 0 aliphatic carbocycles. The second-order valence-electron chi connectivity index (χ2n) is 20.1. The number of benzene rings is 1. The van der Waals surface area contributed by atoms with Crippen LogP contribution in [-0.4, -0.2) is 150 Å². The molecule has 25 nitrogen and oxygen atoms in total. The maximum Gasteiger partial charge on any atom is 0.310 e. The molecule has 8 aromatic rings. The predicted molar refractivity (Wildman–Crippen MR) is 317 cm³/mol. The number of rotatable bonds is 14. The molecule has 5 atom stereocenters. The Morgan fingerprint density at radius 2 is 1.38 bits per heavy atom. The van der Waals surface area contributed by atoms with Crippen molar-refractivity contribution in [3.8, 4) is 49.1 Å². The lowest BCUT2D eigenvalue weighted by molar-refractivity contribution is -0.140. The number of primary amides is 1. The van der Waals surface area contributed by atoms with E-state index >= 15 is 0 Å². The smallest absolute Gasteiger partial charge is 0.310 e. The Hall–Kier alpha value is -8.46. The van der Waals surface area contributed by atoms with Crippen molar-refractivity contribution in [3.05, 3.63) is 112 Å². The van der Waals surface area contributed by atoms with Gasteiger partial charge in [0, 0.05) is 82.0 Å². The summed E-state index contributed by atoms with van der Waals surface area (Å²) < 4.78 is 0. The number of aromatic hydroxyl groups is 1. The molecule has 2 aliphatic rings. The van der Waals surface area contributed by atoms with Crippen LogP contribution in [0.1, 0.15) is 119 Å². The zero-order valence-electron chi connectivity index (χ0n) is 45.3. The van der Waals surface area contributed by atoms with Crippen LogP contribution in [0, 0.1) is 12.8 Å². The third-order valence-corrected chi connectivity index (χ3v) is 19.4. The summed E-state index contributed by atoms with van der Waals surface area (Å²) in [5.74, 6) is -7.53. The molecule has 1 fully saturated rings. The number of pyridine rings is 1. The topological polar surface area (TPSA) is 381 Å². The minimum atomic E-state index is -1.39. The van der Waals surface area contributed by atoms with Crippen molar-refractivity contribution >= 4 is 121 Å². The van der Waals surface area contributed by atoms with E-state index in [0.29, 0.717) is 47.4 Å². The van der Waals surface area contributed by atoms with Crippen LogP contribution in [-0.2, 0) is 36.8 Å². The van der Waals surface area contributed by atoms with Gasteiger partial charge in [-0.25, -0.2) is 34.9 Å². The maximum absolute atomic E-state index is 15.0. The number of aliphatic hydroxyl groups excluding tert-OH is 1. The fourth-order valence-corrected chi connectivity index (χ4v) is 14.8. The Morgan fingerprint density at radius 1 is 0.709 bits per heavy atom. The highest BCUT2D eigenvalue weighted by Gasteiger charge is 2.45. The number of carbonyl (C=O) groups excluding carboxylic acids is 7. The molecule has 2 aliphatic heterocycles. The molecule has 8 N–H and O–H groups in total. The van der Waals surface area contributed by atoms with E-state index in [0.717, 1.165) is 50.2 Å². The molecule has 10 rings (SSSR count). The molecule has 1 aromatic carbocycles. The van der Waals surface area contributed by atoms with Gasteiger partial charge in [-0.15, -0.1) is 68.0 Å². The van der Waals surface area contributed by atoms with Crippen molar-refractivity contribution in [2.45, 2.75) is 83.0 Å². The van der Waals surface area contributed by atoms with E-state index in [1.807, 2.05) is 0 Å². The number of nitrogens with one attached hydrogen (secondary N) is 2. The second-order valence-corrected chi connectivity index (χ2v) is 25.7. The Labute approximate surface area is 511 Å². The van der Waals surface area contributed by atoms with Gasteiger partial charge in [0.05, 0.1) is 41.9 Å². The zero-order chi connectivity index (χ0) is 61.1. The number of phenols is 1. The third-order valence-electron chi connectivity index (χ3n) is 13.9. The molecular formula is C55H50N12O13S6. The first-order chi connectivity index (χ1) is 41.2. The highest BCUT2D eigenvalue weighted by molar-refractivity contribution is 7.15. The van der Waals surface area contributed by atoms with Gasteiger partial charge in [-0.3, -0.25) is 43.2 Å². The summed E-state index contributed by atoms with van der Waals surface area (Å²) in [7, 11) is 0. The highest BCUT2D eigenvalue weighted by atomic mass is 32.1. The number of aromatic nitrogens is 7. The number of ketones is 2. The molecule has 1 saturated heterocycles. The highest BCUT2D eigenvalue weighted by Crippen LogP contribution is 2.43. The monoisotopic (exact) mass is 1280 g/mol. The molecule has 86 heavy (non-hydrogen) atoms. The van der Waals surface area contributed by atoms with Gasteiger partial charge in [0.25, 0.3) is 17.7 Å². The van der Waals surface area contributed by atoms with Crippen LogP contribution >= 0.6 is 68.0 Å². The fourth-order valence-electron chi connectivity index (χ4n) is 9.62. The number of carboxylic acids is 2. The van der Waals surface area contributed by atoms with E-state index < -0.39 is 90.4 Å². The minimum absolute atomic E-state index is 0.00249. The number of aliphatic hydroxyl groups is 1. The number of Topliss-reactive ketones (excluding diaryl/α,β-unsaturated/α-hetero) is 2. The van der Waals surface area contributed by atoms with Crippen molar-refractivity contribution in [2.24, 2.45) is 11.7 Å². The van der Waals surface area contributed by atoms with Crippen LogP contribution in [0.5, 0.6) is 5.75 Å². The van der Waals surface area contributed by atoms with Crippen molar-refractivity contribution in [3.63, 3.8) is 0 Å². The zero-order valence-corrected chi connectivity index (χ0v) is 50.2. The number of carbonyl (C=O) groups is 9. The maximum atomic E-state index is 15.0. The number of fused-ring (bicyclic) bond motifs is 16. The van der Waals surface area contributed by atoms with E-state index in [2.05, 4.69) is 25.6 Å². The molecule has 31 heteroatoms. The fraction of sp³-hybridized carbons (Fsp3) is 0.309. The van der Waals surface area contributed by atoms with Gasteiger partial charge in [0.15, 0.2) is 11.6 Å². The largest absolute Gasteiger partial charge is 0.508 e. The first-order valence-electron chi connectivity index (χ1n) is 26.4. The minimum Gasteiger partial charge on any atom is -0.508 e.